The molecule has 0 aliphatic carbocycles. The lowest BCUT2D eigenvalue weighted by Crippen LogP contribution is -2.44. The Kier molecular flexibility index (Phi) is 5.00. The van der Waals surface area contributed by atoms with E-state index in [1.165, 1.54) is 0 Å². The van der Waals surface area contributed by atoms with Crippen molar-refractivity contribution < 1.29 is 19.1 Å². The first-order chi connectivity index (χ1) is 13.5. The van der Waals surface area contributed by atoms with Gasteiger partial charge in [-0.2, -0.15) is 0 Å². The van der Waals surface area contributed by atoms with Crippen molar-refractivity contribution in [3.63, 3.8) is 0 Å². The zero-order valence-corrected chi connectivity index (χ0v) is 16.2. The Morgan fingerprint density at radius 3 is 2.75 bits per heavy atom. The Labute approximate surface area is 168 Å². The lowest BCUT2D eigenvalue weighted by Gasteiger charge is -2.36. The summed E-state index contributed by atoms with van der Waals surface area (Å²) in [5.41, 5.74) is 1.30. The smallest absolute Gasteiger partial charge is 0.265 e. The molecule has 7 heteroatoms. The first-order valence-electron chi connectivity index (χ1n) is 9.25. The maximum atomic E-state index is 13.4. The second-order valence-electron chi connectivity index (χ2n) is 7.12. The van der Waals surface area contributed by atoms with Crippen molar-refractivity contribution >= 4 is 34.8 Å². The third-order valence-corrected chi connectivity index (χ3v) is 5.56. The van der Waals surface area contributed by atoms with Gasteiger partial charge in [-0.1, -0.05) is 23.7 Å². The van der Waals surface area contributed by atoms with E-state index in [0.717, 1.165) is 5.56 Å². The molecule has 0 bridgehead atoms. The van der Waals surface area contributed by atoms with E-state index in [0.29, 0.717) is 48.2 Å². The van der Waals surface area contributed by atoms with Gasteiger partial charge in [0.25, 0.3) is 5.91 Å². The summed E-state index contributed by atoms with van der Waals surface area (Å²) in [6.45, 7) is 2.70. The molecular formula is C21H21ClN2O4. The highest BCUT2D eigenvalue weighted by molar-refractivity contribution is 6.30. The Balaban J connectivity index is 1.62. The molecule has 146 valence electrons. The molecule has 1 unspecified atom stereocenters. The molecule has 2 aromatic rings. The summed E-state index contributed by atoms with van der Waals surface area (Å²) in [4.78, 5) is 25.2. The van der Waals surface area contributed by atoms with Crippen LogP contribution in [0.25, 0.3) is 0 Å². The van der Waals surface area contributed by atoms with Crippen molar-refractivity contribution in [1.82, 2.24) is 0 Å². The molecule has 0 spiro atoms. The van der Waals surface area contributed by atoms with E-state index in [9.17, 15) is 9.59 Å². The number of hydrogen-bond acceptors (Lipinski definition) is 4. The molecule has 1 saturated heterocycles. The Morgan fingerprint density at radius 1 is 1.21 bits per heavy atom. The van der Waals surface area contributed by atoms with Gasteiger partial charge in [-0.25, -0.2) is 0 Å². The van der Waals surface area contributed by atoms with Crippen LogP contribution in [-0.2, 0) is 19.7 Å². The Bertz CT molecular complexity index is 924. The predicted octanol–water partition coefficient (Wildman–Crippen LogP) is 3.75. The number of fused-ring (bicyclic) bond motifs is 1. The molecule has 28 heavy (non-hydrogen) atoms. The van der Waals surface area contributed by atoms with Crippen molar-refractivity contribution in [2.75, 3.05) is 23.8 Å². The molecule has 2 aliphatic heterocycles. The normalized spacial score (nSPS) is 20.5. The molecule has 2 aromatic carbocycles. The summed E-state index contributed by atoms with van der Waals surface area (Å²) in [7, 11) is 0. The van der Waals surface area contributed by atoms with Crippen LogP contribution < -0.4 is 15.4 Å². The number of ether oxygens (including phenoxy) is 2. The maximum absolute atomic E-state index is 13.4. The average Bonchev–Trinajstić information content (AvgIpc) is 2.69. The molecule has 1 atom stereocenters. The van der Waals surface area contributed by atoms with Crippen LogP contribution in [0.4, 0.5) is 11.4 Å². The second kappa shape index (κ2) is 7.45. The molecule has 1 fully saturated rings. The van der Waals surface area contributed by atoms with E-state index in [1.54, 1.807) is 31.2 Å². The quantitative estimate of drug-likeness (QED) is 0.822. The molecule has 2 amide bonds. The highest BCUT2D eigenvalue weighted by atomic mass is 35.5. The van der Waals surface area contributed by atoms with Gasteiger partial charge in [-0.3, -0.25) is 9.59 Å². The van der Waals surface area contributed by atoms with Crippen molar-refractivity contribution in [2.45, 2.75) is 31.3 Å². The van der Waals surface area contributed by atoms with Crippen LogP contribution in [0.1, 0.15) is 25.3 Å². The van der Waals surface area contributed by atoms with Crippen LogP contribution in [0.15, 0.2) is 42.5 Å². The van der Waals surface area contributed by atoms with Gasteiger partial charge in [0.1, 0.15) is 5.75 Å². The monoisotopic (exact) mass is 400 g/mol. The fourth-order valence-electron chi connectivity index (χ4n) is 3.69. The van der Waals surface area contributed by atoms with Crippen LogP contribution in [0.5, 0.6) is 5.75 Å². The van der Waals surface area contributed by atoms with Crippen LogP contribution in [0.3, 0.4) is 0 Å². The highest BCUT2D eigenvalue weighted by Gasteiger charge is 2.42. The van der Waals surface area contributed by atoms with Gasteiger partial charge in [-0.15, -0.1) is 0 Å². The fourth-order valence-corrected chi connectivity index (χ4v) is 3.88. The Morgan fingerprint density at radius 2 is 2.00 bits per heavy atom. The van der Waals surface area contributed by atoms with Crippen LogP contribution in [-0.4, -0.2) is 31.1 Å². The van der Waals surface area contributed by atoms with E-state index in [4.69, 9.17) is 21.1 Å². The minimum Gasteiger partial charge on any atom is -0.479 e. The van der Waals surface area contributed by atoms with E-state index < -0.39 is 11.5 Å². The number of amides is 2. The molecule has 2 aliphatic rings. The number of halogens is 1. The van der Waals surface area contributed by atoms with Gasteiger partial charge in [0.2, 0.25) is 5.91 Å². The van der Waals surface area contributed by atoms with E-state index in [-0.39, 0.29) is 11.8 Å². The minimum atomic E-state index is -0.715. The van der Waals surface area contributed by atoms with Crippen molar-refractivity contribution in [3.8, 4) is 5.75 Å². The fraction of sp³-hybridized carbons (Fsp3) is 0.333. The zero-order chi connectivity index (χ0) is 19.7. The van der Waals surface area contributed by atoms with Crippen LogP contribution >= 0.6 is 11.6 Å². The summed E-state index contributed by atoms with van der Waals surface area (Å²) in [6.07, 6.45) is 0.601. The largest absolute Gasteiger partial charge is 0.479 e. The van der Waals surface area contributed by atoms with E-state index in [1.807, 2.05) is 18.2 Å². The summed E-state index contributed by atoms with van der Waals surface area (Å²) in [5, 5.41) is 6.40. The first kappa shape index (κ1) is 18.8. The molecule has 6 nitrogen and oxygen atoms in total. The number of rotatable bonds is 3. The van der Waals surface area contributed by atoms with Gasteiger partial charge in [0.05, 0.1) is 11.1 Å². The number of carbonyl (C=O) groups excluding carboxylic acids is 2. The maximum Gasteiger partial charge on any atom is 0.265 e. The predicted molar refractivity (Wildman–Crippen MR) is 107 cm³/mol. The lowest BCUT2D eigenvalue weighted by atomic mass is 9.73. The SMILES string of the molecule is CC1Oc2ccc(NC(=O)C3(c4cccc(Cl)c4)CCOCC3)cc2NC1=O. The third kappa shape index (κ3) is 3.45. The van der Waals surface area contributed by atoms with Crippen molar-refractivity contribution in [2.24, 2.45) is 0 Å². The van der Waals surface area contributed by atoms with Gasteiger partial charge in [0, 0.05) is 23.9 Å². The zero-order valence-electron chi connectivity index (χ0n) is 15.5. The number of hydrogen-bond donors (Lipinski definition) is 2. The van der Waals surface area contributed by atoms with Gasteiger partial charge in [-0.05, 0) is 55.7 Å². The van der Waals surface area contributed by atoms with Crippen molar-refractivity contribution in [1.29, 1.82) is 0 Å². The standard InChI is InChI=1S/C21H21ClN2O4/c1-13-19(25)24-17-12-16(5-6-18(17)28-13)23-20(26)21(7-9-27-10-8-21)14-3-2-4-15(22)11-14/h2-6,11-13H,7-10H2,1H3,(H,23,26)(H,24,25). The molecule has 0 saturated carbocycles. The van der Waals surface area contributed by atoms with Gasteiger partial charge >= 0.3 is 0 Å². The molecule has 4 rings (SSSR count). The Hall–Kier alpha value is -2.57. The minimum absolute atomic E-state index is 0.116. The molecule has 2 heterocycles. The van der Waals surface area contributed by atoms with Gasteiger partial charge in [0.15, 0.2) is 6.10 Å². The third-order valence-electron chi connectivity index (χ3n) is 5.33. The van der Waals surface area contributed by atoms with Crippen LogP contribution in [0.2, 0.25) is 5.02 Å². The number of nitrogens with one attached hydrogen (secondary N) is 2. The van der Waals surface area contributed by atoms with Gasteiger partial charge < -0.3 is 20.1 Å². The average molecular weight is 401 g/mol. The summed E-state index contributed by atoms with van der Waals surface area (Å²) >= 11 is 6.18. The second-order valence-corrected chi connectivity index (χ2v) is 7.56. The van der Waals surface area contributed by atoms with Crippen molar-refractivity contribution in [3.05, 3.63) is 53.1 Å². The lowest BCUT2D eigenvalue weighted by molar-refractivity contribution is -0.125. The summed E-state index contributed by atoms with van der Waals surface area (Å²) in [6, 6.07) is 12.6. The van der Waals surface area contributed by atoms with Crippen LogP contribution in [0, 0.1) is 0 Å². The highest BCUT2D eigenvalue weighted by Crippen LogP contribution is 2.38. The molecule has 0 aromatic heterocycles. The molecule has 0 radical (unpaired) electrons. The summed E-state index contributed by atoms with van der Waals surface area (Å²) < 4.78 is 11.1. The molecule has 2 N–H and O–H groups in total. The molecular weight excluding hydrogens is 380 g/mol. The van der Waals surface area contributed by atoms with E-state index >= 15 is 0 Å². The first-order valence-corrected chi connectivity index (χ1v) is 9.62. The number of benzene rings is 2. The van der Waals surface area contributed by atoms with E-state index in [2.05, 4.69) is 10.6 Å². The topological polar surface area (TPSA) is 76.7 Å². The number of carbonyl (C=O) groups is 2. The summed E-state index contributed by atoms with van der Waals surface area (Å²) in [5.74, 6) is 0.256. The number of anilines is 2.